The van der Waals surface area contributed by atoms with Gasteiger partial charge < -0.3 is 15.9 Å². The second-order valence-electron chi connectivity index (χ2n) is 3.58. The molecule has 4 N–H and O–H groups in total. The summed E-state index contributed by atoms with van der Waals surface area (Å²) in [6.45, 7) is 3.39. The molecule has 1 unspecified atom stereocenters. The number of hydrogen-bond acceptors (Lipinski definition) is 3. The van der Waals surface area contributed by atoms with E-state index in [1.807, 2.05) is 13.0 Å². The first-order chi connectivity index (χ1) is 5.97. The van der Waals surface area contributed by atoms with E-state index in [1.165, 1.54) is 0 Å². The summed E-state index contributed by atoms with van der Waals surface area (Å²) in [7, 11) is 0. The molecule has 0 saturated carbocycles. The molecule has 0 heterocycles. The molecule has 1 rings (SSSR count). The minimum absolute atomic E-state index is 0.143. The maximum absolute atomic E-state index is 9.42. The van der Waals surface area contributed by atoms with Crippen molar-refractivity contribution in [1.82, 2.24) is 0 Å². The topological polar surface area (TPSA) is 66.5 Å². The van der Waals surface area contributed by atoms with Crippen molar-refractivity contribution in [3.63, 3.8) is 0 Å². The van der Waals surface area contributed by atoms with Gasteiger partial charge in [-0.2, -0.15) is 0 Å². The first kappa shape index (κ1) is 10.0. The number of aryl methyl sites for hydroxylation is 1. The molecule has 0 fully saturated rings. The van der Waals surface area contributed by atoms with Crippen LogP contribution in [0.4, 0.5) is 0 Å². The summed E-state index contributed by atoms with van der Waals surface area (Å²) in [5, 5.41) is 18.4. The molecule has 0 radical (unpaired) electrons. The highest BCUT2D eigenvalue weighted by Crippen LogP contribution is 2.24. The average Bonchev–Trinajstić information content (AvgIpc) is 2.09. The molecule has 0 saturated heterocycles. The zero-order chi connectivity index (χ0) is 10.1. The summed E-state index contributed by atoms with van der Waals surface area (Å²) in [6, 6.07) is 5.18. The van der Waals surface area contributed by atoms with Crippen molar-refractivity contribution in [3.8, 4) is 5.75 Å². The van der Waals surface area contributed by atoms with Crippen LogP contribution in [0.2, 0.25) is 0 Å². The maximum Gasteiger partial charge on any atom is 0.118 e. The van der Waals surface area contributed by atoms with Gasteiger partial charge in [-0.3, -0.25) is 0 Å². The Balaban J connectivity index is 3.10. The van der Waals surface area contributed by atoms with E-state index >= 15 is 0 Å². The fourth-order valence-corrected chi connectivity index (χ4v) is 1.06. The van der Waals surface area contributed by atoms with Gasteiger partial charge in [-0.05, 0) is 31.0 Å². The van der Waals surface area contributed by atoms with Crippen molar-refractivity contribution in [2.45, 2.75) is 19.4 Å². The second kappa shape index (κ2) is 3.36. The summed E-state index contributed by atoms with van der Waals surface area (Å²) in [6.07, 6.45) is 0. The number of benzene rings is 1. The lowest BCUT2D eigenvalue weighted by Crippen LogP contribution is -2.36. The Labute approximate surface area is 77.8 Å². The van der Waals surface area contributed by atoms with Crippen LogP contribution in [-0.2, 0) is 5.54 Å². The third-order valence-electron chi connectivity index (χ3n) is 2.20. The smallest absolute Gasteiger partial charge is 0.118 e. The first-order valence-corrected chi connectivity index (χ1v) is 4.17. The number of phenolic OH excluding ortho intramolecular Hbond substituents is 1. The Hall–Kier alpha value is -1.06. The molecule has 0 spiro atoms. The molecule has 13 heavy (non-hydrogen) atoms. The fraction of sp³-hybridized carbons (Fsp3) is 0.400. The highest BCUT2D eigenvalue weighted by molar-refractivity contribution is 5.38. The van der Waals surface area contributed by atoms with Crippen LogP contribution in [0.5, 0.6) is 5.75 Å². The SMILES string of the molecule is Cc1ccc(C(C)(N)CO)cc1O. The van der Waals surface area contributed by atoms with Gasteiger partial charge in [0.2, 0.25) is 0 Å². The molecule has 0 amide bonds. The van der Waals surface area contributed by atoms with Crippen molar-refractivity contribution >= 4 is 0 Å². The Bertz CT molecular complexity index is 308. The molecule has 0 bridgehead atoms. The van der Waals surface area contributed by atoms with Gasteiger partial charge in [0.15, 0.2) is 0 Å². The van der Waals surface area contributed by atoms with E-state index in [2.05, 4.69) is 0 Å². The summed E-state index contributed by atoms with van der Waals surface area (Å²) in [5.41, 5.74) is 6.55. The predicted molar refractivity (Wildman–Crippen MR) is 51.5 cm³/mol. The molecule has 0 aliphatic heterocycles. The fourth-order valence-electron chi connectivity index (χ4n) is 1.06. The minimum Gasteiger partial charge on any atom is -0.508 e. The molecule has 72 valence electrons. The lowest BCUT2D eigenvalue weighted by Gasteiger charge is -2.22. The molecule has 0 aliphatic rings. The van der Waals surface area contributed by atoms with Crippen molar-refractivity contribution in [1.29, 1.82) is 0 Å². The third kappa shape index (κ3) is 1.99. The molecule has 0 aliphatic carbocycles. The van der Waals surface area contributed by atoms with Crippen LogP contribution in [0.3, 0.4) is 0 Å². The number of hydrogen-bond donors (Lipinski definition) is 3. The lowest BCUT2D eigenvalue weighted by atomic mass is 9.93. The first-order valence-electron chi connectivity index (χ1n) is 4.17. The van der Waals surface area contributed by atoms with Gasteiger partial charge in [0.25, 0.3) is 0 Å². The highest BCUT2D eigenvalue weighted by Gasteiger charge is 2.20. The van der Waals surface area contributed by atoms with E-state index in [0.717, 1.165) is 11.1 Å². The summed E-state index contributed by atoms with van der Waals surface area (Å²) >= 11 is 0. The van der Waals surface area contributed by atoms with Crippen LogP contribution >= 0.6 is 0 Å². The summed E-state index contributed by atoms with van der Waals surface area (Å²) in [4.78, 5) is 0. The average molecular weight is 181 g/mol. The molecular weight excluding hydrogens is 166 g/mol. The van der Waals surface area contributed by atoms with Crippen LogP contribution in [0.1, 0.15) is 18.1 Å². The van der Waals surface area contributed by atoms with Gasteiger partial charge in [-0.15, -0.1) is 0 Å². The summed E-state index contributed by atoms with van der Waals surface area (Å²) < 4.78 is 0. The molecule has 3 nitrogen and oxygen atoms in total. The Morgan fingerprint density at radius 1 is 1.46 bits per heavy atom. The van der Waals surface area contributed by atoms with Gasteiger partial charge >= 0.3 is 0 Å². The van der Waals surface area contributed by atoms with E-state index in [9.17, 15) is 5.11 Å². The number of nitrogens with two attached hydrogens (primary N) is 1. The predicted octanol–water partition coefficient (Wildman–Crippen LogP) is 0.867. The standard InChI is InChI=1S/C10H15NO2/c1-7-3-4-8(5-9(7)13)10(2,11)6-12/h3-5,12-13H,6,11H2,1-2H3. The van der Waals surface area contributed by atoms with Crippen LogP contribution in [0.25, 0.3) is 0 Å². The van der Waals surface area contributed by atoms with E-state index in [-0.39, 0.29) is 12.4 Å². The molecule has 3 heteroatoms. The Morgan fingerprint density at radius 2 is 2.08 bits per heavy atom. The zero-order valence-electron chi connectivity index (χ0n) is 7.91. The molecule has 0 aromatic heterocycles. The van der Waals surface area contributed by atoms with Crippen molar-refractivity contribution in [3.05, 3.63) is 29.3 Å². The van der Waals surface area contributed by atoms with E-state index in [0.29, 0.717) is 0 Å². The van der Waals surface area contributed by atoms with Crippen LogP contribution in [0.15, 0.2) is 18.2 Å². The van der Waals surface area contributed by atoms with Gasteiger partial charge in [-0.25, -0.2) is 0 Å². The van der Waals surface area contributed by atoms with Crippen LogP contribution in [-0.4, -0.2) is 16.8 Å². The minimum atomic E-state index is -0.787. The molecule has 1 aromatic rings. The van der Waals surface area contributed by atoms with Crippen molar-refractivity contribution in [2.75, 3.05) is 6.61 Å². The van der Waals surface area contributed by atoms with Crippen LogP contribution < -0.4 is 5.73 Å². The quantitative estimate of drug-likeness (QED) is 0.634. The van der Waals surface area contributed by atoms with E-state index in [1.54, 1.807) is 19.1 Å². The van der Waals surface area contributed by atoms with Crippen molar-refractivity contribution < 1.29 is 10.2 Å². The van der Waals surface area contributed by atoms with Gasteiger partial charge in [0, 0.05) is 0 Å². The molecule has 1 atom stereocenters. The highest BCUT2D eigenvalue weighted by atomic mass is 16.3. The largest absolute Gasteiger partial charge is 0.508 e. The number of aliphatic hydroxyl groups excluding tert-OH is 1. The third-order valence-corrected chi connectivity index (χ3v) is 2.20. The Kier molecular flexibility index (Phi) is 2.59. The number of phenols is 1. The number of aromatic hydroxyl groups is 1. The second-order valence-corrected chi connectivity index (χ2v) is 3.58. The molecule has 1 aromatic carbocycles. The van der Waals surface area contributed by atoms with Gasteiger partial charge in [-0.1, -0.05) is 12.1 Å². The zero-order valence-corrected chi connectivity index (χ0v) is 7.91. The van der Waals surface area contributed by atoms with Gasteiger partial charge in [0.05, 0.1) is 12.1 Å². The lowest BCUT2D eigenvalue weighted by molar-refractivity contribution is 0.210. The molecular formula is C10H15NO2. The number of aliphatic hydroxyl groups is 1. The normalized spacial score (nSPS) is 15.4. The van der Waals surface area contributed by atoms with Gasteiger partial charge in [0.1, 0.15) is 5.75 Å². The van der Waals surface area contributed by atoms with Crippen molar-refractivity contribution in [2.24, 2.45) is 5.73 Å². The monoisotopic (exact) mass is 181 g/mol. The van der Waals surface area contributed by atoms with Crippen LogP contribution in [0, 0.1) is 6.92 Å². The maximum atomic E-state index is 9.42. The Morgan fingerprint density at radius 3 is 2.54 bits per heavy atom. The van der Waals surface area contributed by atoms with E-state index < -0.39 is 5.54 Å². The summed E-state index contributed by atoms with van der Waals surface area (Å²) in [5.74, 6) is 0.211. The number of rotatable bonds is 2. The van der Waals surface area contributed by atoms with E-state index in [4.69, 9.17) is 10.8 Å².